The number of rotatable bonds is 4. The van der Waals surface area contributed by atoms with Crippen molar-refractivity contribution in [2.75, 3.05) is 26.0 Å². The van der Waals surface area contributed by atoms with Crippen LogP contribution in [0, 0.1) is 0 Å². The lowest BCUT2D eigenvalue weighted by Crippen LogP contribution is -2.28. The number of hydrogen-bond donors (Lipinski definition) is 2. The largest absolute Gasteiger partial charge is 0.482 e. The zero-order valence-corrected chi connectivity index (χ0v) is 14.5. The summed E-state index contributed by atoms with van der Waals surface area (Å²) in [5.41, 5.74) is 2.52. The van der Waals surface area contributed by atoms with Crippen LogP contribution >= 0.6 is 0 Å². The maximum atomic E-state index is 12.6. The van der Waals surface area contributed by atoms with E-state index in [0.29, 0.717) is 29.1 Å². The summed E-state index contributed by atoms with van der Waals surface area (Å²) >= 11 is 0. The van der Waals surface area contributed by atoms with E-state index in [2.05, 4.69) is 10.6 Å². The Balaban J connectivity index is 1.70. The molecule has 1 aliphatic rings. The second kappa shape index (κ2) is 7.26. The lowest BCUT2D eigenvalue weighted by atomic mass is 10.1. The zero-order valence-electron chi connectivity index (χ0n) is 14.5. The molecule has 26 heavy (non-hydrogen) atoms. The number of nitrogens with one attached hydrogen (secondary N) is 2. The smallest absolute Gasteiger partial charge is 0.262 e. The van der Waals surface area contributed by atoms with Crippen LogP contribution in [0.1, 0.15) is 26.3 Å². The fourth-order valence-corrected chi connectivity index (χ4v) is 2.68. The molecule has 0 aromatic heterocycles. The van der Waals surface area contributed by atoms with E-state index < -0.39 is 0 Å². The highest BCUT2D eigenvalue weighted by atomic mass is 16.5. The molecule has 0 radical (unpaired) electrons. The third-order valence-corrected chi connectivity index (χ3v) is 4.07. The average molecular weight is 353 g/mol. The van der Waals surface area contributed by atoms with E-state index in [1.807, 2.05) is 12.1 Å². The summed E-state index contributed by atoms with van der Waals surface area (Å²) < 4.78 is 5.35. The highest BCUT2D eigenvalue weighted by Crippen LogP contribution is 2.29. The SMILES string of the molecule is CNC(=O)c1ccc(CN(C)C(=O)c2ccc3c(c2)OCC(=O)N3)cc1. The second-order valence-electron chi connectivity index (χ2n) is 5.99. The number of hydrogen-bond acceptors (Lipinski definition) is 4. The van der Waals surface area contributed by atoms with Gasteiger partial charge in [-0.25, -0.2) is 0 Å². The molecule has 134 valence electrons. The molecule has 1 heterocycles. The predicted molar refractivity (Wildman–Crippen MR) is 96.2 cm³/mol. The maximum Gasteiger partial charge on any atom is 0.262 e. The standard InChI is InChI=1S/C19H19N3O4/c1-20-18(24)13-5-3-12(4-6-13)10-22(2)19(25)14-7-8-15-16(9-14)26-11-17(23)21-15/h3-9H,10-11H2,1-2H3,(H,20,24)(H,21,23). The van der Waals surface area contributed by atoms with E-state index in [9.17, 15) is 14.4 Å². The lowest BCUT2D eigenvalue weighted by Gasteiger charge is -2.21. The van der Waals surface area contributed by atoms with Gasteiger partial charge in [0.2, 0.25) is 0 Å². The minimum Gasteiger partial charge on any atom is -0.482 e. The van der Waals surface area contributed by atoms with E-state index >= 15 is 0 Å². The quantitative estimate of drug-likeness (QED) is 0.875. The average Bonchev–Trinajstić information content (AvgIpc) is 2.66. The van der Waals surface area contributed by atoms with Crippen molar-refractivity contribution < 1.29 is 19.1 Å². The van der Waals surface area contributed by atoms with Crippen LogP contribution in [-0.4, -0.2) is 43.3 Å². The summed E-state index contributed by atoms with van der Waals surface area (Å²) in [7, 11) is 3.29. The van der Waals surface area contributed by atoms with Gasteiger partial charge in [0.25, 0.3) is 17.7 Å². The molecule has 0 aliphatic carbocycles. The highest BCUT2D eigenvalue weighted by Gasteiger charge is 2.19. The highest BCUT2D eigenvalue weighted by molar-refractivity contribution is 5.99. The second-order valence-corrected chi connectivity index (χ2v) is 5.99. The Labute approximate surface area is 150 Å². The first kappa shape index (κ1) is 17.5. The summed E-state index contributed by atoms with van der Waals surface area (Å²) in [4.78, 5) is 37.1. The van der Waals surface area contributed by atoms with Gasteiger partial charge in [0.05, 0.1) is 5.69 Å². The molecular formula is C19H19N3O4. The number of fused-ring (bicyclic) bond motifs is 1. The molecule has 2 N–H and O–H groups in total. The minimum atomic E-state index is -0.214. The fraction of sp³-hybridized carbons (Fsp3) is 0.211. The predicted octanol–water partition coefficient (Wildman–Crippen LogP) is 1.65. The molecule has 0 unspecified atom stereocenters. The molecule has 3 rings (SSSR count). The minimum absolute atomic E-state index is 0.0574. The monoisotopic (exact) mass is 353 g/mol. The van der Waals surface area contributed by atoms with Gasteiger partial charge in [-0.3, -0.25) is 14.4 Å². The Bertz CT molecular complexity index is 862. The van der Waals surface area contributed by atoms with Crippen LogP contribution in [0.25, 0.3) is 0 Å². The van der Waals surface area contributed by atoms with Crippen LogP contribution in [0.3, 0.4) is 0 Å². The summed E-state index contributed by atoms with van der Waals surface area (Å²) in [6.45, 7) is 0.347. The zero-order chi connectivity index (χ0) is 18.7. The summed E-state index contributed by atoms with van der Waals surface area (Å²) in [6.07, 6.45) is 0. The Morgan fingerprint density at radius 2 is 1.85 bits per heavy atom. The van der Waals surface area contributed by atoms with Gasteiger partial charge in [0, 0.05) is 31.8 Å². The van der Waals surface area contributed by atoms with Gasteiger partial charge in [-0.05, 0) is 35.9 Å². The molecule has 0 saturated carbocycles. The molecule has 0 bridgehead atoms. The van der Waals surface area contributed by atoms with Crippen LogP contribution in [0.4, 0.5) is 5.69 Å². The topological polar surface area (TPSA) is 87.7 Å². The van der Waals surface area contributed by atoms with Crippen molar-refractivity contribution in [1.29, 1.82) is 0 Å². The molecule has 2 aromatic carbocycles. The molecule has 2 aromatic rings. The van der Waals surface area contributed by atoms with Crippen molar-refractivity contribution in [1.82, 2.24) is 10.2 Å². The Kier molecular flexibility index (Phi) is 4.88. The first-order valence-electron chi connectivity index (χ1n) is 8.11. The number of ether oxygens (including phenoxy) is 1. The third kappa shape index (κ3) is 3.66. The van der Waals surface area contributed by atoms with Crippen molar-refractivity contribution in [2.45, 2.75) is 6.54 Å². The molecular weight excluding hydrogens is 334 g/mol. The first-order valence-corrected chi connectivity index (χ1v) is 8.11. The van der Waals surface area contributed by atoms with Gasteiger partial charge in [-0.1, -0.05) is 12.1 Å². The van der Waals surface area contributed by atoms with Crippen molar-refractivity contribution in [3.63, 3.8) is 0 Å². The van der Waals surface area contributed by atoms with E-state index in [-0.39, 0.29) is 24.3 Å². The normalized spacial score (nSPS) is 12.5. The van der Waals surface area contributed by atoms with E-state index in [4.69, 9.17) is 4.74 Å². The number of carbonyl (C=O) groups excluding carboxylic acids is 3. The van der Waals surface area contributed by atoms with E-state index in [1.165, 1.54) is 0 Å². The van der Waals surface area contributed by atoms with Gasteiger partial charge < -0.3 is 20.3 Å². The van der Waals surface area contributed by atoms with Crippen molar-refractivity contribution >= 4 is 23.4 Å². The van der Waals surface area contributed by atoms with E-state index in [1.54, 1.807) is 49.3 Å². The summed E-state index contributed by atoms with van der Waals surface area (Å²) in [5, 5.41) is 5.26. The Hall–Kier alpha value is -3.35. The van der Waals surface area contributed by atoms with Gasteiger partial charge in [-0.15, -0.1) is 0 Å². The van der Waals surface area contributed by atoms with Crippen LogP contribution in [-0.2, 0) is 11.3 Å². The molecule has 3 amide bonds. The van der Waals surface area contributed by atoms with Crippen molar-refractivity contribution in [3.05, 3.63) is 59.2 Å². The number of carbonyl (C=O) groups is 3. The fourth-order valence-electron chi connectivity index (χ4n) is 2.68. The van der Waals surface area contributed by atoms with E-state index in [0.717, 1.165) is 5.56 Å². The molecule has 0 spiro atoms. The van der Waals surface area contributed by atoms with Gasteiger partial charge in [-0.2, -0.15) is 0 Å². The first-order chi connectivity index (χ1) is 12.5. The maximum absolute atomic E-state index is 12.6. The molecule has 0 fully saturated rings. The molecule has 7 heteroatoms. The summed E-state index contributed by atoms with van der Waals surface area (Å²) in [5.74, 6) is -0.0431. The lowest BCUT2D eigenvalue weighted by molar-refractivity contribution is -0.118. The Morgan fingerprint density at radius 3 is 2.54 bits per heavy atom. The van der Waals surface area contributed by atoms with Crippen molar-refractivity contribution in [3.8, 4) is 5.75 Å². The van der Waals surface area contributed by atoms with Gasteiger partial charge in [0.1, 0.15) is 5.75 Å². The number of amides is 3. The number of benzene rings is 2. The van der Waals surface area contributed by atoms with Crippen LogP contribution in [0.2, 0.25) is 0 Å². The van der Waals surface area contributed by atoms with Gasteiger partial charge >= 0.3 is 0 Å². The van der Waals surface area contributed by atoms with Gasteiger partial charge in [0.15, 0.2) is 6.61 Å². The number of nitrogens with zero attached hydrogens (tertiary/aromatic N) is 1. The van der Waals surface area contributed by atoms with Crippen LogP contribution < -0.4 is 15.4 Å². The molecule has 0 atom stereocenters. The van der Waals surface area contributed by atoms with Crippen LogP contribution in [0.15, 0.2) is 42.5 Å². The molecule has 0 saturated heterocycles. The number of anilines is 1. The van der Waals surface area contributed by atoms with Crippen molar-refractivity contribution in [2.24, 2.45) is 0 Å². The summed E-state index contributed by atoms with van der Waals surface area (Å²) in [6, 6.07) is 12.0. The Morgan fingerprint density at radius 1 is 1.15 bits per heavy atom. The van der Waals surface area contributed by atoms with Crippen LogP contribution in [0.5, 0.6) is 5.75 Å². The molecule has 7 nitrogen and oxygen atoms in total. The third-order valence-electron chi connectivity index (χ3n) is 4.07. The molecule has 1 aliphatic heterocycles.